The van der Waals surface area contributed by atoms with E-state index in [2.05, 4.69) is 26.5 Å². The van der Waals surface area contributed by atoms with Gasteiger partial charge in [0.1, 0.15) is 5.75 Å². The van der Waals surface area contributed by atoms with Crippen LogP contribution in [0, 0.1) is 0 Å². The fourth-order valence-electron chi connectivity index (χ4n) is 2.08. The molecule has 0 spiro atoms. The number of unbranched alkanes of at least 4 members (excludes halogenated alkanes) is 2. The van der Waals surface area contributed by atoms with Crippen molar-refractivity contribution < 1.29 is 9.53 Å². The lowest BCUT2D eigenvalue weighted by Gasteiger charge is -2.14. The number of aldehydes is 1. The van der Waals surface area contributed by atoms with Crippen LogP contribution in [0.4, 0.5) is 0 Å². The molecule has 0 aliphatic rings. The molecule has 0 amide bonds. The Bertz CT molecular complexity index is 422. The number of hydrogen-bond acceptors (Lipinski definition) is 2. The van der Waals surface area contributed by atoms with Crippen LogP contribution in [0.1, 0.15) is 54.6 Å². The normalized spacial score (nSPS) is 10.2. The van der Waals surface area contributed by atoms with Gasteiger partial charge in [0, 0.05) is 0 Å². The summed E-state index contributed by atoms with van der Waals surface area (Å²) in [6.07, 6.45) is 7.73. The molecule has 1 aromatic rings. The summed E-state index contributed by atoms with van der Waals surface area (Å²) in [6, 6.07) is 4.04. The first-order valence-electron chi connectivity index (χ1n) is 7.11. The molecule has 0 aliphatic carbocycles. The minimum Gasteiger partial charge on any atom is -0.493 e. The van der Waals surface area contributed by atoms with Gasteiger partial charge in [-0.25, -0.2) is 0 Å². The molecule has 0 saturated heterocycles. The third-order valence-corrected chi connectivity index (χ3v) is 3.15. The zero-order chi connectivity index (χ0) is 14.1. The van der Waals surface area contributed by atoms with Crippen LogP contribution in [0.15, 0.2) is 24.8 Å². The van der Waals surface area contributed by atoms with Gasteiger partial charge in [-0.2, -0.15) is 0 Å². The summed E-state index contributed by atoms with van der Waals surface area (Å²) in [4.78, 5) is 11.2. The van der Waals surface area contributed by atoms with E-state index < -0.39 is 0 Å². The SMILES string of the molecule is C=CCc1cc(CC)cc(C=O)c1OCCCCC. The van der Waals surface area contributed by atoms with Crippen molar-refractivity contribution in [3.8, 4) is 5.75 Å². The summed E-state index contributed by atoms with van der Waals surface area (Å²) in [5.74, 6) is 0.739. The second kappa shape index (κ2) is 8.52. The van der Waals surface area contributed by atoms with Crippen LogP contribution in [-0.4, -0.2) is 12.9 Å². The average Bonchev–Trinajstić information content (AvgIpc) is 2.44. The number of carbonyl (C=O) groups excluding carboxylic acids is 1. The molecule has 1 rings (SSSR count). The monoisotopic (exact) mass is 260 g/mol. The lowest BCUT2D eigenvalue weighted by Crippen LogP contribution is -2.04. The van der Waals surface area contributed by atoms with Gasteiger partial charge in [-0.05, 0) is 36.5 Å². The minimum absolute atomic E-state index is 0.660. The lowest BCUT2D eigenvalue weighted by molar-refractivity contribution is 0.111. The number of hydrogen-bond donors (Lipinski definition) is 0. The molecule has 0 bridgehead atoms. The van der Waals surface area contributed by atoms with Gasteiger partial charge in [0.15, 0.2) is 6.29 Å². The summed E-state index contributed by atoms with van der Waals surface area (Å²) < 4.78 is 5.83. The van der Waals surface area contributed by atoms with Crippen molar-refractivity contribution in [2.45, 2.75) is 46.0 Å². The number of benzene rings is 1. The molecule has 0 fully saturated rings. The van der Waals surface area contributed by atoms with Gasteiger partial charge in [-0.1, -0.05) is 38.8 Å². The first kappa shape index (κ1) is 15.5. The Morgan fingerprint density at radius 3 is 2.63 bits per heavy atom. The van der Waals surface area contributed by atoms with Crippen LogP contribution in [0.25, 0.3) is 0 Å². The second-order valence-corrected chi connectivity index (χ2v) is 4.69. The summed E-state index contributed by atoms with van der Waals surface area (Å²) in [6.45, 7) is 8.69. The van der Waals surface area contributed by atoms with Gasteiger partial charge in [0.05, 0.1) is 12.2 Å². The van der Waals surface area contributed by atoms with Gasteiger partial charge >= 0.3 is 0 Å². The van der Waals surface area contributed by atoms with Gasteiger partial charge in [-0.15, -0.1) is 6.58 Å². The van der Waals surface area contributed by atoms with Gasteiger partial charge in [0.25, 0.3) is 0 Å². The number of aryl methyl sites for hydroxylation is 1. The molecule has 0 radical (unpaired) electrons. The standard InChI is InChI=1S/C17H24O2/c1-4-7-8-10-19-17-15(9-5-2)11-14(6-3)12-16(17)13-18/h5,11-13H,2,4,6-10H2,1,3H3. The summed E-state index contributed by atoms with van der Waals surface area (Å²) in [5, 5.41) is 0. The van der Waals surface area contributed by atoms with Crippen molar-refractivity contribution in [2.75, 3.05) is 6.61 Å². The Morgan fingerprint density at radius 1 is 1.26 bits per heavy atom. The molecule has 2 nitrogen and oxygen atoms in total. The third-order valence-electron chi connectivity index (χ3n) is 3.15. The van der Waals surface area contributed by atoms with Crippen molar-refractivity contribution in [1.29, 1.82) is 0 Å². The number of allylic oxidation sites excluding steroid dienone is 1. The van der Waals surface area contributed by atoms with E-state index in [1.807, 2.05) is 12.1 Å². The second-order valence-electron chi connectivity index (χ2n) is 4.69. The predicted octanol–water partition coefficient (Wildman–Crippen LogP) is 4.36. The number of carbonyl (C=O) groups is 1. The third kappa shape index (κ3) is 4.55. The van der Waals surface area contributed by atoms with Crippen molar-refractivity contribution in [2.24, 2.45) is 0 Å². The Hall–Kier alpha value is -1.57. The number of rotatable bonds is 9. The van der Waals surface area contributed by atoms with Crippen molar-refractivity contribution in [3.63, 3.8) is 0 Å². The fourth-order valence-corrected chi connectivity index (χ4v) is 2.08. The summed E-state index contributed by atoms with van der Waals surface area (Å²) in [5.41, 5.74) is 2.89. The van der Waals surface area contributed by atoms with Crippen LogP contribution < -0.4 is 4.74 Å². The Kier molecular flexibility index (Phi) is 6.94. The van der Waals surface area contributed by atoms with E-state index in [-0.39, 0.29) is 0 Å². The van der Waals surface area contributed by atoms with Crippen molar-refractivity contribution in [1.82, 2.24) is 0 Å². The Morgan fingerprint density at radius 2 is 2.05 bits per heavy atom. The highest BCUT2D eigenvalue weighted by atomic mass is 16.5. The minimum atomic E-state index is 0.660. The molecule has 19 heavy (non-hydrogen) atoms. The van der Waals surface area contributed by atoms with Crippen LogP contribution in [0.2, 0.25) is 0 Å². The zero-order valence-electron chi connectivity index (χ0n) is 12.1. The van der Waals surface area contributed by atoms with Crippen LogP contribution in [-0.2, 0) is 12.8 Å². The van der Waals surface area contributed by atoms with Crippen molar-refractivity contribution in [3.05, 3.63) is 41.5 Å². The van der Waals surface area contributed by atoms with E-state index in [4.69, 9.17) is 4.74 Å². The molecule has 0 N–H and O–H groups in total. The quantitative estimate of drug-likeness (QED) is 0.374. The van der Waals surface area contributed by atoms with E-state index in [1.165, 1.54) is 5.56 Å². The molecule has 1 aromatic carbocycles. The molecule has 0 aliphatic heterocycles. The van der Waals surface area contributed by atoms with Crippen LogP contribution in [0.3, 0.4) is 0 Å². The van der Waals surface area contributed by atoms with E-state index in [0.29, 0.717) is 12.2 Å². The Labute approximate surface area is 116 Å². The zero-order valence-corrected chi connectivity index (χ0v) is 12.1. The van der Waals surface area contributed by atoms with E-state index in [9.17, 15) is 4.79 Å². The van der Waals surface area contributed by atoms with Crippen LogP contribution in [0.5, 0.6) is 5.75 Å². The van der Waals surface area contributed by atoms with E-state index in [1.54, 1.807) is 0 Å². The lowest BCUT2D eigenvalue weighted by atomic mass is 10.0. The Balaban J connectivity index is 2.96. The molecule has 0 atom stereocenters. The first-order chi connectivity index (χ1) is 9.26. The molecule has 0 aromatic heterocycles. The molecular formula is C17H24O2. The maximum Gasteiger partial charge on any atom is 0.153 e. The van der Waals surface area contributed by atoms with Crippen molar-refractivity contribution >= 4 is 6.29 Å². The largest absolute Gasteiger partial charge is 0.493 e. The highest BCUT2D eigenvalue weighted by Gasteiger charge is 2.10. The van der Waals surface area contributed by atoms with E-state index in [0.717, 1.165) is 49.7 Å². The molecule has 0 unspecified atom stereocenters. The molecular weight excluding hydrogens is 236 g/mol. The molecule has 0 saturated carbocycles. The number of ether oxygens (including phenoxy) is 1. The van der Waals surface area contributed by atoms with Gasteiger partial charge in [0.2, 0.25) is 0 Å². The highest BCUT2D eigenvalue weighted by molar-refractivity contribution is 5.80. The highest BCUT2D eigenvalue weighted by Crippen LogP contribution is 2.26. The molecule has 104 valence electrons. The maximum absolute atomic E-state index is 11.2. The van der Waals surface area contributed by atoms with Gasteiger partial charge in [-0.3, -0.25) is 4.79 Å². The molecule has 2 heteroatoms. The van der Waals surface area contributed by atoms with E-state index >= 15 is 0 Å². The summed E-state index contributed by atoms with van der Waals surface area (Å²) >= 11 is 0. The topological polar surface area (TPSA) is 26.3 Å². The first-order valence-corrected chi connectivity index (χ1v) is 7.11. The fraction of sp³-hybridized carbons (Fsp3) is 0.471. The molecule has 0 heterocycles. The van der Waals surface area contributed by atoms with Crippen LogP contribution >= 0.6 is 0 Å². The summed E-state index contributed by atoms with van der Waals surface area (Å²) in [7, 11) is 0. The maximum atomic E-state index is 11.2. The van der Waals surface area contributed by atoms with Gasteiger partial charge < -0.3 is 4.74 Å². The average molecular weight is 260 g/mol. The predicted molar refractivity (Wildman–Crippen MR) is 80.1 cm³/mol. The smallest absolute Gasteiger partial charge is 0.153 e.